The molecule has 0 saturated carbocycles. The van der Waals surface area contributed by atoms with Gasteiger partial charge in [-0.1, -0.05) is 12.1 Å². The van der Waals surface area contributed by atoms with E-state index in [1.807, 2.05) is 0 Å². The van der Waals surface area contributed by atoms with Gasteiger partial charge in [-0.25, -0.2) is 17.8 Å². The van der Waals surface area contributed by atoms with Crippen molar-refractivity contribution in [3.63, 3.8) is 0 Å². The third kappa shape index (κ3) is 3.96. The topological polar surface area (TPSA) is 94.9 Å². The largest absolute Gasteiger partial charge is 0.353 e. The summed E-state index contributed by atoms with van der Waals surface area (Å²) in [6.07, 6.45) is 1.44. The first-order valence-corrected chi connectivity index (χ1v) is 8.97. The first-order chi connectivity index (χ1) is 12.5. The average molecular weight is 368 g/mol. The van der Waals surface area contributed by atoms with Crippen molar-refractivity contribution in [1.82, 2.24) is 4.98 Å². The fraction of sp³-hybridized carbons (Fsp3) is 0. The molecule has 0 bridgehead atoms. The number of nitrogens with zero attached hydrogens (tertiary/aromatic N) is 2. The highest BCUT2D eigenvalue weighted by atomic mass is 32.2. The zero-order valence-corrected chi connectivity index (χ0v) is 14.2. The van der Waals surface area contributed by atoms with E-state index >= 15 is 0 Å². The number of hydrogen-bond acceptors (Lipinski definition) is 5. The van der Waals surface area contributed by atoms with Crippen molar-refractivity contribution in [2.24, 2.45) is 0 Å². The molecule has 0 radical (unpaired) electrons. The molecule has 1 heterocycles. The Labute approximate surface area is 150 Å². The molecule has 6 nitrogen and oxygen atoms in total. The lowest BCUT2D eigenvalue weighted by molar-refractivity contribution is 0.599. The molecule has 2 aromatic carbocycles. The van der Waals surface area contributed by atoms with Crippen LogP contribution < -0.4 is 10.0 Å². The summed E-state index contributed by atoms with van der Waals surface area (Å²) in [7, 11) is -3.86. The van der Waals surface area contributed by atoms with Crippen LogP contribution >= 0.6 is 0 Å². The van der Waals surface area contributed by atoms with Crippen LogP contribution in [0, 0.1) is 17.1 Å². The Kier molecular flexibility index (Phi) is 4.82. The van der Waals surface area contributed by atoms with E-state index in [2.05, 4.69) is 21.1 Å². The number of halogens is 1. The fourth-order valence-electron chi connectivity index (χ4n) is 2.18. The van der Waals surface area contributed by atoms with Crippen molar-refractivity contribution in [2.75, 3.05) is 10.0 Å². The van der Waals surface area contributed by atoms with Crippen LogP contribution in [0.4, 0.5) is 21.6 Å². The smallest absolute Gasteiger partial charge is 0.263 e. The van der Waals surface area contributed by atoms with Crippen LogP contribution in [0.25, 0.3) is 0 Å². The highest BCUT2D eigenvalue weighted by Crippen LogP contribution is 2.21. The first kappa shape index (κ1) is 17.4. The Hall–Kier alpha value is -3.44. The number of nitriles is 1. The van der Waals surface area contributed by atoms with E-state index in [1.165, 1.54) is 24.4 Å². The number of sulfonamides is 1. The van der Waals surface area contributed by atoms with Gasteiger partial charge in [0.1, 0.15) is 17.7 Å². The second-order valence-corrected chi connectivity index (χ2v) is 6.96. The number of benzene rings is 2. The Morgan fingerprint density at radius 3 is 2.38 bits per heavy atom. The summed E-state index contributed by atoms with van der Waals surface area (Å²) in [5.74, 6) is -0.399. The molecule has 0 fully saturated rings. The van der Waals surface area contributed by atoms with Crippen molar-refractivity contribution in [3.05, 3.63) is 78.2 Å². The molecule has 0 saturated heterocycles. The second-order valence-electron chi connectivity index (χ2n) is 5.27. The SMILES string of the molecule is N#Cc1ccccc1Nc1ccc(NS(=O)(=O)c2ccc(F)cc2)nc1. The number of pyridine rings is 1. The maximum absolute atomic E-state index is 12.9. The summed E-state index contributed by atoms with van der Waals surface area (Å²) in [4.78, 5) is 3.98. The van der Waals surface area contributed by atoms with E-state index in [1.54, 1.807) is 30.3 Å². The summed E-state index contributed by atoms with van der Waals surface area (Å²) in [6.45, 7) is 0. The molecule has 0 aliphatic heterocycles. The predicted octanol–water partition coefficient (Wildman–Crippen LogP) is 3.64. The molecule has 8 heteroatoms. The number of anilines is 3. The van der Waals surface area contributed by atoms with Crippen LogP contribution in [-0.4, -0.2) is 13.4 Å². The molecule has 3 rings (SSSR count). The molecule has 0 spiro atoms. The van der Waals surface area contributed by atoms with Crippen LogP contribution in [0.1, 0.15) is 5.56 Å². The lowest BCUT2D eigenvalue weighted by atomic mass is 10.2. The van der Waals surface area contributed by atoms with Gasteiger partial charge in [-0.15, -0.1) is 0 Å². The van der Waals surface area contributed by atoms with E-state index < -0.39 is 15.8 Å². The maximum atomic E-state index is 12.9. The van der Waals surface area contributed by atoms with Crippen LogP contribution in [0.5, 0.6) is 0 Å². The third-order valence-corrected chi connectivity index (χ3v) is 4.82. The van der Waals surface area contributed by atoms with Gasteiger partial charge >= 0.3 is 0 Å². The molecule has 3 aromatic rings. The van der Waals surface area contributed by atoms with E-state index in [9.17, 15) is 12.8 Å². The molecular weight excluding hydrogens is 355 g/mol. The van der Waals surface area contributed by atoms with E-state index in [-0.39, 0.29) is 10.7 Å². The number of para-hydroxylation sites is 1. The monoisotopic (exact) mass is 368 g/mol. The molecule has 130 valence electrons. The fourth-order valence-corrected chi connectivity index (χ4v) is 3.19. The predicted molar refractivity (Wildman–Crippen MR) is 95.9 cm³/mol. The molecule has 1 aromatic heterocycles. The second kappa shape index (κ2) is 7.21. The van der Waals surface area contributed by atoms with Crippen molar-refractivity contribution < 1.29 is 12.8 Å². The van der Waals surface area contributed by atoms with E-state index in [0.717, 1.165) is 12.1 Å². The Morgan fingerprint density at radius 2 is 1.73 bits per heavy atom. The third-order valence-electron chi connectivity index (χ3n) is 3.45. The minimum Gasteiger partial charge on any atom is -0.353 e. The minimum atomic E-state index is -3.86. The van der Waals surface area contributed by atoms with Gasteiger partial charge in [-0.2, -0.15) is 5.26 Å². The molecule has 0 atom stereocenters. The average Bonchev–Trinajstić information content (AvgIpc) is 2.64. The van der Waals surface area contributed by atoms with Crippen LogP contribution in [0.15, 0.2) is 71.8 Å². The summed E-state index contributed by atoms with van der Waals surface area (Å²) < 4.78 is 39.7. The standard InChI is InChI=1S/C18H13FN4O2S/c19-14-5-8-16(9-6-14)26(24,25)23-18-10-7-15(12-21-18)22-17-4-2-1-3-13(17)11-20/h1-10,12,22H,(H,21,23). The molecule has 2 N–H and O–H groups in total. The summed E-state index contributed by atoms with van der Waals surface area (Å²) in [6, 6.07) is 16.7. The van der Waals surface area contributed by atoms with Crippen molar-refractivity contribution in [3.8, 4) is 6.07 Å². The lowest BCUT2D eigenvalue weighted by Gasteiger charge is -2.10. The maximum Gasteiger partial charge on any atom is 0.263 e. The highest BCUT2D eigenvalue weighted by Gasteiger charge is 2.14. The molecule has 26 heavy (non-hydrogen) atoms. The number of rotatable bonds is 5. The van der Waals surface area contributed by atoms with Gasteiger partial charge in [0.15, 0.2) is 0 Å². The van der Waals surface area contributed by atoms with E-state index in [0.29, 0.717) is 16.9 Å². The lowest BCUT2D eigenvalue weighted by Crippen LogP contribution is -2.13. The van der Waals surface area contributed by atoms with Gasteiger partial charge < -0.3 is 5.32 Å². The molecule has 0 unspecified atom stereocenters. The zero-order chi connectivity index (χ0) is 18.6. The minimum absolute atomic E-state index is 0.0640. The van der Waals surface area contributed by atoms with Gasteiger partial charge in [0, 0.05) is 0 Å². The van der Waals surface area contributed by atoms with Crippen LogP contribution in [0.3, 0.4) is 0 Å². The first-order valence-electron chi connectivity index (χ1n) is 7.48. The zero-order valence-electron chi connectivity index (χ0n) is 13.3. The van der Waals surface area contributed by atoms with Crippen molar-refractivity contribution in [1.29, 1.82) is 5.26 Å². The van der Waals surface area contributed by atoms with Gasteiger partial charge in [0.25, 0.3) is 10.0 Å². The molecule has 0 aliphatic carbocycles. The number of aromatic nitrogens is 1. The van der Waals surface area contributed by atoms with Crippen LogP contribution in [0.2, 0.25) is 0 Å². The van der Waals surface area contributed by atoms with Crippen molar-refractivity contribution >= 4 is 27.2 Å². The Morgan fingerprint density at radius 1 is 1.00 bits per heavy atom. The molecular formula is C18H13FN4O2S. The highest BCUT2D eigenvalue weighted by molar-refractivity contribution is 7.92. The van der Waals surface area contributed by atoms with Crippen LogP contribution in [-0.2, 0) is 10.0 Å². The summed E-state index contributed by atoms with van der Waals surface area (Å²) in [5, 5.41) is 12.1. The summed E-state index contributed by atoms with van der Waals surface area (Å²) in [5.41, 5.74) is 1.70. The van der Waals surface area contributed by atoms with Gasteiger partial charge in [-0.3, -0.25) is 4.72 Å². The number of nitrogens with one attached hydrogen (secondary N) is 2. The van der Waals surface area contributed by atoms with E-state index in [4.69, 9.17) is 5.26 Å². The Balaban J connectivity index is 1.75. The van der Waals surface area contributed by atoms with Gasteiger partial charge in [-0.05, 0) is 48.5 Å². The van der Waals surface area contributed by atoms with Gasteiger partial charge in [0.05, 0.1) is 28.0 Å². The summed E-state index contributed by atoms with van der Waals surface area (Å²) >= 11 is 0. The van der Waals surface area contributed by atoms with Gasteiger partial charge in [0.2, 0.25) is 0 Å². The number of hydrogen-bond donors (Lipinski definition) is 2. The normalized spacial score (nSPS) is 10.8. The Bertz CT molecular complexity index is 1060. The quantitative estimate of drug-likeness (QED) is 0.717. The molecule has 0 aliphatic rings. The van der Waals surface area contributed by atoms with Crippen molar-refractivity contribution in [2.45, 2.75) is 4.90 Å². The molecule has 0 amide bonds.